The summed E-state index contributed by atoms with van der Waals surface area (Å²) in [6, 6.07) is 0. The van der Waals surface area contributed by atoms with Crippen molar-refractivity contribution in [3.63, 3.8) is 0 Å². The van der Waals surface area contributed by atoms with E-state index in [9.17, 15) is 14.4 Å². The molecule has 0 aliphatic carbocycles. The molecule has 1 rings (SSSR count). The van der Waals surface area contributed by atoms with Crippen molar-refractivity contribution in [2.75, 3.05) is 7.05 Å². The summed E-state index contributed by atoms with van der Waals surface area (Å²) >= 11 is 0. The normalized spacial score (nSPS) is 25.3. The summed E-state index contributed by atoms with van der Waals surface area (Å²) in [6.45, 7) is 2.48. The van der Waals surface area contributed by atoms with Crippen molar-refractivity contribution >= 4 is 17.8 Å². The molecule has 0 spiro atoms. The quantitative estimate of drug-likeness (QED) is 0.590. The molecule has 1 aliphatic rings. The van der Waals surface area contributed by atoms with Crippen LogP contribution in [-0.4, -0.2) is 42.1 Å². The lowest BCUT2D eigenvalue weighted by atomic mass is 10.3. The first-order valence-corrected chi connectivity index (χ1v) is 4.52. The SMILES string of the molecule is CC(=O)O[C@H]1CC(=O)N(C)[C@H]1OC(C)=O. The number of hydrogen-bond donors (Lipinski definition) is 0. The predicted octanol–water partition coefficient (Wildman–Crippen LogP) is -0.331. The van der Waals surface area contributed by atoms with Gasteiger partial charge in [0.05, 0.1) is 6.42 Å². The van der Waals surface area contributed by atoms with Gasteiger partial charge in [0.15, 0.2) is 6.10 Å². The van der Waals surface area contributed by atoms with Crippen molar-refractivity contribution in [1.82, 2.24) is 4.90 Å². The molecule has 0 radical (unpaired) electrons. The standard InChI is InChI=1S/C9H13NO5/c1-5(11)14-7-4-8(13)10(3)9(7)15-6(2)12/h7,9H,4H2,1-3H3/t7-,9-/m0/s1. The van der Waals surface area contributed by atoms with Crippen LogP contribution in [0.25, 0.3) is 0 Å². The predicted molar refractivity (Wildman–Crippen MR) is 48.5 cm³/mol. The number of carbonyl (C=O) groups excluding carboxylic acids is 3. The molecule has 2 atom stereocenters. The fourth-order valence-electron chi connectivity index (χ4n) is 1.45. The minimum Gasteiger partial charge on any atom is -0.456 e. The number of likely N-dealkylation sites (N-methyl/N-ethyl adjacent to an activating group) is 1. The summed E-state index contributed by atoms with van der Waals surface area (Å²) in [7, 11) is 1.50. The van der Waals surface area contributed by atoms with E-state index in [0.29, 0.717) is 0 Å². The zero-order valence-corrected chi connectivity index (χ0v) is 8.85. The smallest absolute Gasteiger partial charge is 0.304 e. The molecule has 0 bridgehead atoms. The van der Waals surface area contributed by atoms with E-state index in [1.165, 1.54) is 25.8 Å². The molecular formula is C9H13NO5. The number of hydrogen-bond acceptors (Lipinski definition) is 5. The molecule has 1 amide bonds. The highest BCUT2D eigenvalue weighted by Crippen LogP contribution is 2.21. The van der Waals surface area contributed by atoms with Crippen LogP contribution in [0.5, 0.6) is 0 Å². The minimum atomic E-state index is -0.807. The van der Waals surface area contributed by atoms with Gasteiger partial charge in [0, 0.05) is 20.9 Å². The number of ether oxygens (including phenoxy) is 2. The van der Waals surface area contributed by atoms with Gasteiger partial charge in [-0.3, -0.25) is 14.4 Å². The molecule has 1 heterocycles. The second kappa shape index (κ2) is 4.29. The highest BCUT2D eigenvalue weighted by Gasteiger charge is 2.42. The first-order chi connectivity index (χ1) is 6.91. The lowest BCUT2D eigenvalue weighted by Crippen LogP contribution is -2.39. The summed E-state index contributed by atoms with van der Waals surface area (Å²) < 4.78 is 9.78. The third-order valence-electron chi connectivity index (χ3n) is 2.07. The van der Waals surface area contributed by atoms with E-state index in [4.69, 9.17) is 9.47 Å². The first kappa shape index (κ1) is 11.5. The van der Waals surface area contributed by atoms with E-state index in [2.05, 4.69) is 0 Å². The van der Waals surface area contributed by atoms with E-state index >= 15 is 0 Å². The number of nitrogens with zero attached hydrogens (tertiary/aromatic N) is 1. The Morgan fingerprint density at radius 1 is 1.27 bits per heavy atom. The first-order valence-electron chi connectivity index (χ1n) is 4.52. The van der Waals surface area contributed by atoms with Crippen LogP contribution in [0.1, 0.15) is 20.3 Å². The molecule has 0 aromatic rings. The lowest BCUT2D eigenvalue weighted by molar-refractivity contribution is -0.172. The Morgan fingerprint density at radius 2 is 1.80 bits per heavy atom. The molecule has 0 aromatic carbocycles. The second-order valence-corrected chi connectivity index (χ2v) is 3.36. The van der Waals surface area contributed by atoms with Gasteiger partial charge in [-0.25, -0.2) is 0 Å². The molecule has 1 aliphatic heterocycles. The molecule has 0 unspecified atom stereocenters. The highest BCUT2D eigenvalue weighted by molar-refractivity contribution is 5.80. The van der Waals surface area contributed by atoms with Gasteiger partial charge >= 0.3 is 11.9 Å². The van der Waals surface area contributed by atoms with Gasteiger partial charge in [-0.2, -0.15) is 0 Å². The van der Waals surface area contributed by atoms with Crippen LogP contribution in [0.3, 0.4) is 0 Å². The van der Waals surface area contributed by atoms with E-state index in [1.54, 1.807) is 0 Å². The van der Waals surface area contributed by atoms with Crippen LogP contribution < -0.4 is 0 Å². The molecule has 6 nitrogen and oxygen atoms in total. The number of amides is 1. The molecule has 6 heteroatoms. The topological polar surface area (TPSA) is 72.9 Å². The van der Waals surface area contributed by atoms with Crippen molar-refractivity contribution in [3.8, 4) is 0 Å². The number of rotatable bonds is 2. The molecule has 15 heavy (non-hydrogen) atoms. The fraction of sp³-hybridized carbons (Fsp3) is 0.667. The van der Waals surface area contributed by atoms with Crippen LogP contribution in [0.4, 0.5) is 0 Å². The molecule has 1 fully saturated rings. The lowest BCUT2D eigenvalue weighted by Gasteiger charge is -2.23. The Kier molecular flexibility index (Phi) is 3.28. The minimum absolute atomic E-state index is 0.0496. The van der Waals surface area contributed by atoms with Gasteiger partial charge < -0.3 is 14.4 Å². The second-order valence-electron chi connectivity index (χ2n) is 3.36. The number of esters is 2. The third kappa shape index (κ3) is 2.68. The van der Waals surface area contributed by atoms with Crippen molar-refractivity contribution in [2.45, 2.75) is 32.6 Å². The van der Waals surface area contributed by atoms with Gasteiger partial charge in [0.1, 0.15) is 0 Å². The largest absolute Gasteiger partial charge is 0.456 e. The third-order valence-corrected chi connectivity index (χ3v) is 2.07. The molecule has 84 valence electrons. The Hall–Kier alpha value is -1.59. The molecule has 1 saturated heterocycles. The Morgan fingerprint density at radius 3 is 2.27 bits per heavy atom. The van der Waals surface area contributed by atoms with Gasteiger partial charge in [-0.15, -0.1) is 0 Å². The number of likely N-dealkylation sites (tertiary alicyclic amines) is 1. The summed E-state index contributed by atoms with van der Waals surface area (Å²) in [6.07, 6.45) is -1.46. The molecule has 0 N–H and O–H groups in total. The van der Waals surface area contributed by atoms with Gasteiger partial charge in [0.2, 0.25) is 12.1 Å². The summed E-state index contributed by atoms with van der Waals surface area (Å²) in [5.41, 5.74) is 0. The van der Waals surface area contributed by atoms with Crippen molar-refractivity contribution in [1.29, 1.82) is 0 Å². The maximum absolute atomic E-state index is 11.3. The maximum Gasteiger partial charge on any atom is 0.304 e. The summed E-state index contributed by atoms with van der Waals surface area (Å²) in [5.74, 6) is -1.23. The average Bonchev–Trinajstić information content (AvgIpc) is 2.31. The van der Waals surface area contributed by atoms with Gasteiger partial charge in [-0.1, -0.05) is 0 Å². The Balaban J connectivity index is 2.72. The van der Waals surface area contributed by atoms with Crippen LogP contribution in [0.15, 0.2) is 0 Å². The van der Waals surface area contributed by atoms with Crippen LogP contribution >= 0.6 is 0 Å². The maximum atomic E-state index is 11.3. The molecule has 0 aromatic heterocycles. The number of carbonyl (C=O) groups is 3. The van der Waals surface area contributed by atoms with E-state index in [1.807, 2.05) is 0 Å². The van der Waals surface area contributed by atoms with Crippen LogP contribution in [0.2, 0.25) is 0 Å². The zero-order chi connectivity index (χ0) is 11.6. The highest BCUT2D eigenvalue weighted by atomic mass is 16.6. The average molecular weight is 215 g/mol. The van der Waals surface area contributed by atoms with Gasteiger partial charge in [0.25, 0.3) is 0 Å². The molecular weight excluding hydrogens is 202 g/mol. The Labute approximate surface area is 87.1 Å². The van der Waals surface area contributed by atoms with E-state index in [-0.39, 0.29) is 12.3 Å². The zero-order valence-electron chi connectivity index (χ0n) is 8.85. The van der Waals surface area contributed by atoms with E-state index in [0.717, 1.165) is 0 Å². The van der Waals surface area contributed by atoms with Crippen LogP contribution in [0, 0.1) is 0 Å². The molecule has 0 saturated carbocycles. The van der Waals surface area contributed by atoms with E-state index < -0.39 is 24.3 Å². The van der Waals surface area contributed by atoms with Gasteiger partial charge in [-0.05, 0) is 0 Å². The van der Waals surface area contributed by atoms with Crippen molar-refractivity contribution in [2.24, 2.45) is 0 Å². The summed E-state index contributed by atoms with van der Waals surface area (Å²) in [5, 5.41) is 0. The van der Waals surface area contributed by atoms with Crippen molar-refractivity contribution < 1.29 is 23.9 Å². The summed E-state index contributed by atoms with van der Waals surface area (Å²) in [4.78, 5) is 34.1. The van der Waals surface area contributed by atoms with Crippen LogP contribution in [-0.2, 0) is 23.9 Å². The fourth-order valence-corrected chi connectivity index (χ4v) is 1.45. The monoisotopic (exact) mass is 215 g/mol. The Bertz CT molecular complexity index is 299. The van der Waals surface area contributed by atoms with Crippen molar-refractivity contribution in [3.05, 3.63) is 0 Å².